The van der Waals surface area contributed by atoms with Gasteiger partial charge in [0, 0.05) is 25.0 Å². The topological polar surface area (TPSA) is 80.6 Å². The number of allylic oxidation sites excluding steroid dienone is 1. The van der Waals surface area contributed by atoms with Gasteiger partial charge in [0.25, 0.3) is 0 Å². The normalized spacial score (nSPS) is 15.3. The Morgan fingerprint density at radius 2 is 2.33 bits per heavy atom. The summed E-state index contributed by atoms with van der Waals surface area (Å²) in [6.45, 7) is 0. The van der Waals surface area contributed by atoms with Crippen molar-refractivity contribution in [3.8, 4) is 5.88 Å². The number of aliphatic imine (C=N–C) groups is 1. The molecule has 2 aromatic rings. The maximum absolute atomic E-state index is 11.2. The second kappa shape index (κ2) is 3.69. The SMILES string of the molecule is Cn1c(O)c(C=C2C=Nc3cccnc32)oc1=O. The van der Waals surface area contributed by atoms with Crippen molar-refractivity contribution in [2.75, 3.05) is 0 Å². The van der Waals surface area contributed by atoms with Crippen LogP contribution in [0.5, 0.6) is 5.88 Å². The average molecular weight is 243 g/mol. The lowest BCUT2D eigenvalue weighted by Gasteiger charge is -1.96. The van der Waals surface area contributed by atoms with Crippen LogP contribution in [-0.2, 0) is 7.05 Å². The van der Waals surface area contributed by atoms with Crippen LogP contribution in [-0.4, -0.2) is 20.9 Å². The van der Waals surface area contributed by atoms with Crippen LogP contribution in [0.2, 0.25) is 0 Å². The molecular weight excluding hydrogens is 234 g/mol. The van der Waals surface area contributed by atoms with Gasteiger partial charge < -0.3 is 9.52 Å². The smallest absolute Gasteiger partial charge is 0.422 e. The van der Waals surface area contributed by atoms with Crippen molar-refractivity contribution in [2.45, 2.75) is 0 Å². The molecule has 3 rings (SSSR count). The number of fused-ring (bicyclic) bond motifs is 1. The van der Waals surface area contributed by atoms with Crippen LogP contribution >= 0.6 is 0 Å². The molecular formula is C12H9N3O3. The lowest BCUT2D eigenvalue weighted by atomic mass is 10.1. The Balaban J connectivity index is 2.12. The van der Waals surface area contributed by atoms with Crippen molar-refractivity contribution in [3.63, 3.8) is 0 Å². The van der Waals surface area contributed by atoms with E-state index >= 15 is 0 Å². The lowest BCUT2D eigenvalue weighted by Crippen LogP contribution is -2.07. The number of hydrogen-bond acceptors (Lipinski definition) is 5. The van der Waals surface area contributed by atoms with Gasteiger partial charge in [-0.2, -0.15) is 0 Å². The monoisotopic (exact) mass is 243 g/mol. The molecule has 0 atom stereocenters. The van der Waals surface area contributed by atoms with E-state index in [9.17, 15) is 9.90 Å². The fourth-order valence-corrected chi connectivity index (χ4v) is 1.72. The number of aromatic hydroxyl groups is 1. The summed E-state index contributed by atoms with van der Waals surface area (Å²) >= 11 is 0. The first-order chi connectivity index (χ1) is 8.66. The minimum Gasteiger partial charge on any atom is -0.492 e. The largest absolute Gasteiger partial charge is 0.492 e. The highest BCUT2D eigenvalue weighted by Gasteiger charge is 2.16. The van der Waals surface area contributed by atoms with Crippen LogP contribution in [0.15, 0.2) is 32.5 Å². The van der Waals surface area contributed by atoms with E-state index in [0.717, 1.165) is 10.3 Å². The van der Waals surface area contributed by atoms with Crippen LogP contribution in [0.4, 0.5) is 5.69 Å². The van der Waals surface area contributed by atoms with Gasteiger partial charge in [-0.05, 0) is 18.2 Å². The van der Waals surface area contributed by atoms with Crippen molar-refractivity contribution in [3.05, 3.63) is 40.3 Å². The van der Waals surface area contributed by atoms with E-state index < -0.39 is 5.76 Å². The molecule has 0 saturated carbocycles. The first-order valence-corrected chi connectivity index (χ1v) is 5.27. The van der Waals surface area contributed by atoms with Crippen molar-refractivity contribution in [2.24, 2.45) is 12.0 Å². The molecule has 0 spiro atoms. The quantitative estimate of drug-likeness (QED) is 0.819. The Hall–Kier alpha value is -2.63. The van der Waals surface area contributed by atoms with Gasteiger partial charge in [-0.15, -0.1) is 0 Å². The highest BCUT2D eigenvalue weighted by Crippen LogP contribution is 2.31. The second-order valence-electron chi connectivity index (χ2n) is 3.84. The number of nitrogens with zero attached hydrogens (tertiary/aromatic N) is 3. The Morgan fingerprint density at radius 1 is 1.50 bits per heavy atom. The molecule has 0 amide bonds. The van der Waals surface area contributed by atoms with Gasteiger partial charge in [-0.3, -0.25) is 9.98 Å². The van der Waals surface area contributed by atoms with Crippen molar-refractivity contribution in [1.82, 2.24) is 9.55 Å². The second-order valence-corrected chi connectivity index (χ2v) is 3.84. The third-order valence-electron chi connectivity index (χ3n) is 2.70. The molecule has 6 nitrogen and oxygen atoms in total. The summed E-state index contributed by atoms with van der Waals surface area (Å²) in [5, 5.41) is 9.69. The minimum atomic E-state index is -0.615. The number of rotatable bonds is 1. The fourth-order valence-electron chi connectivity index (χ4n) is 1.72. The van der Waals surface area contributed by atoms with Gasteiger partial charge in [0.1, 0.15) is 0 Å². The molecule has 0 saturated heterocycles. The van der Waals surface area contributed by atoms with Crippen LogP contribution in [0.3, 0.4) is 0 Å². The zero-order chi connectivity index (χ0) is 12.7. The molecule has 90 valence electrons. The van der Waals surface area contributed by atoms with E-state index in [-0.39, 0.29) is 11.6 Å². The maximum Gasteiger partial charge on any atom is 0.422 e. The summed E-state index contributed by atoms with van der Waals surface area (Å²) in [7, 11) is 1.43. The average Bonchev–Trinajstić information content (AvgIpc) is 2.89. The molecule has 1 N–H and O–H groups in total. The molecule has 0 radical (unpaired) electrons. The predicted octanol–water partition coefficient (Wildman–Crippen LogP) is 1.34. The Labute approximate surface area is 102 Å². The van der Waals surface area contributed by atoms with Gasteiger partial charge >= 0.3 is 5.76 Å². The van der Waals surface area contributed by atoms with Gasteiger partial charge in [-0.1, -0.05) is 0 Å². The molecule has 18 heavy (non-hydrogen) atoms. The number of pyridine rings is 1. The van der Waals surface area contributed by atoms with E-state index in [1.807, 2.05) is 6.07 Å². The standard InChI is InChI=1S/C12H9N3O3/c1-15-11(16)9(18-12(15)17)5-7-6-14-8-3-2-4-13-10(7)8/h2-6,16H,1H3. The molecule has 1 aliphatic heterocycles. The van der Waals surface area contributed by atoms with Crippen molar-refractivity contribution < 1.29 is 9.52 Å². The zero-order valence-electron chi connectivity index (χ0n) is 9.49. The lowest BCUT2D eigenvalue weighted by molar-refractivity contribution is 0.427. The summed E-state index contributed by atoms with van der Waals surface area (Å²) in [6.07, 6.45) is 4.81. The summed E-state index contributed by atoms with van der Waals surface area (Å²) < 4.78 is 5.94. The van der Waals surface area contributed by atoms with Gasteiger partial charge in [0.15, 0.2) is 5.76 Å². The summed E-state index contributed by atoms with van der Waals surface area (Å²) in [6, 6.07) is 3.62. The van der Waals surface area contributed by atoms with Crippen molar-refractivity contribution in [1.29, 1.82) is 0 Å². The van der Waals surface area contributed by atoms with Crippen molar-refractivity contribution >= 4 is 23.6 Å². The van der Waals surface area contributed by atoms with Crippen LogP contribution < -0.4 is 5.76 Å². The first-order valence-electron chi connectivity index (χ1n) is 5.27. The van der Waals surface area contributed by atoms with Gasteiger partial charge in [0.05, 0.1) is 11.4 Å². The molecule has 0 aliphatic carbocycles. The highest BCUT2D eigenvalue weighted by atomic mass is 16.4. The summed E-state index contributed by atoms with van der Waals surface area (Å²) in [5.41, 5.74) is 2.14. The van der Waals surface area contributed by atoms with E-state index in [4.69, 9.17) is 4.42 Å². The predicted molar refractivity (Wildman–Crippen MR) is 65.9 cm³/mol. The van der Waals surface area contributed by atoms with E-state index in [0.29, 0.717) is 11.3 Å². The maximum atomic E-state index is 11.2. The Morgan fingerprint density at radius 3 is 3.06 bits per heavy atom. The molecule has 0 unspecified atom stereocenters. The summed E-state index contributed by atoms with van der Waals surface area (Å²) in [4.78, 5) is 19.6. The Kier molecular flexibility index (Phi) is 2.16. The molecule has 3 heterocycles. The Bertz CT molecular complexity index is 737. The third kappa shape index (κ3) is 1.46. The molecule has 1 aliphatic rings. The van der Waals surface area contributed by atoms with E-state index in [1.54, 1.807) is 24.6 Å². The number of aromatic nitrogens is 2. The molecule has 0 fully saturated rings. The summed E-state index contributed by atoms with van der Waals surface area (Å²) in [5.74, 6) is -0.733. The van der Waals surface area contributed by atoms with Gasteiger partial charge in [0.2, 0.25) is 5.88 Å². The molecule has 0 bridgehead atoms. The van der Waals surface area contributed by atoms with E-state index in [1.165, 1.54) is 7.05 Å². The fraction of sp³-hybridized carbons (Fsp3) is 0.0833. The van der Waals surface area contributed by atoms with Crippen LogP contribution in [0.25, 0.3) is 11.6 Å². The van der Waals surface area contributed by atoms with E-state index in [2.05, 4.69) is 9.98 Å². The number of oxazole rings is 1. The molecule has 6 heteroatoms. The number of hydrogen-bond donors (Lipinski definition) is 1. The minimum absolute atomic E-state index is 0.0995. The van der Waals surface area contributed by atoms with Gasteiger partial charge in [-0.25, -0.2) is 9.36 Å². The zero-order valence-corrected chi connectivity index (χ0v) is 9.49. The third-order valence-corrected chi connectivity index (χ3v) is 2.70. The van der Waals surface area contributed by atoms with Crippen LogP contribution in [0.1, 0.15) is 11.5 Å². The highest BCUT2D eigenvalue weighted by molar-refractivity contribution is 6.20. The molecule has 0 aromatic carbocycles. The first kappa shape index (κ1) is 10.5. The van der Waals surface area contributed by atoms with Crippen LogP contribution in [0, 0.1) is 0 Å². The molecule has 2 aromatic heterocycles.